The summed E-state index contributed by atoms with van der Waals surface area (Å²) < 4.78 is 0. The molecule has 0 aromatic rings. The van der Waals surface area contributed by atoms with Gasteiger partial charge in [0.25, 0.3) is 0 Å². The molecule has 0 bridgehead atoms. The summed E-state index contributed by atoms with van der Waals surface area (Å²) in [5.41, 5.74) is 0. The molecule has 0 aliphatic carbocycles. The second-order valence-electron chi connectivity index (χ2n) is 4.03. The van der Waals surface area contributed by atoms with Crippen molar-refractivity contribution in [2.45, 2.75) is 32.2 Å². The largest absolute Gasteiger partial charge is 0.314 e. The van der Waals surface area contributed by atoms with Gasteiger partial charge in [-0.1, -0.05) is 13.3 Å². The summed E-state index contributed by atoms with van der Waals surface area (Å²) in [6.45, 7) is 5.86. The standard InChI is InChI=1S/C11H24N2S/c1-3-14-9-7-12-10-11-6-4-5-8-13(11)2/h11-12H,3-10H2,1-2H3. The number of likely N-dealkylation sites (N-methyl/N-ethyl adjacent to an activating group) is 1. The molecule has 0 aromatic heterocycles. The fourth-order valence-electron chi connectivity index (χ4n) is 1.96. The first-order valence-electron chi connectivity index (χ1n) is 5.83. The Bertz CT molecular complexity index is 141. The Morgan fingerprint density at radius 1 is 1.43 bits per heavy atom. The quantitative estimate of drug-likeness (QED) is 0.682. The van der Waals surface area contributed by atoms with Crippen LogP contribution in [0.15, 0.2) is 0 Å². The molecule has 3 heteroatoms. The maximum atomic E-state index is 3.56. The van der Waals surface area contributed by atoms with Crippen LogP contribution in [0.2, 0.25) is 0 Å². The van der Waals surface area contributed by atoms with Gasteiger partial charge in [0.15, 0.2) is 0 Å². The Morgan fingerprint density at radius 3 is 3.00 bits per heavy atom. The van der Waals surface area contributed by atoms with Crippen molar-refractivity contribution in [2.24, 2.45) is 0 Å². The Kier molecular flexibility index (Phi) is 6.65. The maximum absolute atomic E-state index is 3.56. The summed E-state index contributed by atoms with van der Waals surface area (Å²) in [7, 11) is 2.26. The Morgan fingerprint density at radius 2 is 2.29 bits per heavy atom. The third-order valence-electron chi connectivity index (χ3n) is 2.93. The predicted octanol–water partition coefficient (Wildman–Crippen LogP) is 1.81. The number of likely N-dealkylation sites (tertiary alicyclic amines) is 1. The van der Waals surface area contributed by atoms with Crippen molar-refractivity contribution in [1.29, 1.82) is 0 Å². The van der Waals surface area contributed by atoms with Gasteiger partial charge in [-0.05, 0) is 32.2 Å². The minimum atomic E-state index is 0.787. The molecule has 0 amide bonds. The molecular weight excluding hydrogens is 192 g/mol. The summed E-state index contributed by atoms with van der Waals surface area (Å²) in [5.74, 6) is 2.50. The molecule has 1 saturated heterocycles. The van der Waals surface area contributed by atoms with Gasteiger partial charge in [0, 0.05) is 24.9 Å². The van der Waals surface area contributed by atoms with Crippen molar-refractivity contribution in [1.82, 2.24) is 10.2 Å². The Labute approximate surface area is 92.8 Å². The molecule has 1 fully saturated rings. The fourth-order valence-corrected chi connectivity index (χ4v) is 2.54. The van der Waals surface area contributed by atoms with Crippen LogP contribution in [0.3, 0.4) is 0 Å². The minimum absolute atomic E-state index is 0.787. The van der Waals surface area contributed by atoms with Crippen LogP contribution in [-0.4, -0.2) is 49.1 Å². The van der Waals surface area contributed by atoms with Crippen LogP contribution in [0.4, 0.5) is 0 Å². The average Bonchev–Trinajstić information content (AvgIpc) is 2.20. The van der Waals surface area contributed by atoms with Crippen LogP contribution in [0, 0.1) is 0 Å². The van der Waals surface area contributed by atoms with E-state index in [1.165, 1.54) is 50.4 Å². The zero-order valence-electron chi connectivity index (χ0n) is 9.59. The first kappa shape index (κ1) is 12.3. The van der Waals surface area contributed by atoms with Crippen molar-refractivity contribution in [3.05, 3.63) is 0 Å². The predicted molar refractivity (Wildman–Crippen MR) is 66.1 cm³/mol. The first-order chi connectivity index (χ1) is 6.84. The highest BCUT2D eigenvalue weighted by Gasteiger charge is 2.17. The van der Waals surface area contributed by atoms with Gasteiger partial charge >= 0.3 is 0 Å². The molecule has 1 heterocycles. The van der Waals surface area contributed by atoms with E-state index in [1.807, 2.05) is 11.8 Å². The number of hydrogen-bond donors (Lipinski definition) is 1. The van der Waals surface area contributed by atoms with Crippen molar-refractivity contribution in [3.8, 4) is 0 Å². The van der Waals surface area contributed by atoms with E-state index in [-0.39, 0.29) is 0 Å². The van der Waals surface area contributed by atoms with Gasteiger partial charge in [-0.3, -0.25) is 0 Å². The van der Waals surface area contributed by atoms with Crippen molar-refractivity contribution < 1.29 is 0 Å². The summed E-state index contributed by atoms with van der Waals surface area (Å²) in [6, 6.07) is 0.787. The van der Waals surface area contributed by atoms with E-state index in [9.17, 15) is 0 Å². The average molecular weight is 216 g/mol. The Hall–Kier alpha value is 0.270. The van der Waals surface area contributed by atoms with E-state index in [0.717, 1.165) is 6.04 Å². The SMILES string of the molecule is CCSCCNCC1CCCCN1C. The molecule has 1 atom stereocenters. The molecule has 1 rings (SSSR count). The molecule has 2 nitrogen and oxygen atoms in total. The molecule has 1 aliphatic rings. The first-order valence-corrected chi connectivity index (χ1v) is 6.98. The van der Waals surface area contributed by atoms with E-state index >= 15 is 0 Å². The maximum Gasteiger partial charge on any atom is 0.0217 e. The van der Waals surface area contributed by atoms with Gasteiger partial charge in [0.05, 0.1) is 0 Å². The second kappa shape index (κ2) is 7.55. The molecule has 84 valence electrons. The molecule has 0 spiro atoms. The van der Waals surface area contributed by atoms with Crippen molar-refractivity contribution in [3.63, 3.8) is 0 Å². The van der Waals surface area contributed by atoms with Crippen LogP contribution in [0.1, 0.15) is 26.2 Å². The lowest BCUT2D eigenvalue weighted by molar-refractivity contribution is 0.182. The third kappa shape index (κ3) is 4.67. The van der Waals surface area contributed by atoms with Crippen molar-refractivity contribution in [2.75, 3.05) is 38.2 Å². The summed E-state index contributed by atoms with van der Waals surface area (Å²) in [5, 5.41) is 3.56. The summed E-state index contributed by atoms with van der Waals surface area (Å²) in [6.07, 6.45) is 4.18. The lowest BCUT2D eigenvalue weighted by Gasteiger charge is -2.32. The highest BCUT2D eigenvalue weighted by Crippen LogP contribution is 2.13. The van der Waals surface area contributed by atoms with E-state index < -0.39 is 0 Å². The number of nitrogens with one attached hydrogen (secondary N) is 1. The highest BCUT2D eigenvalue weighted by molar-refractivity contribution is 7.99. The van der Waals surface area contributed by atoms with Gasteiger partial charge in [0.2, 0.25) is 0 Å². The van der Waals surface area contributed by atoms with Crippen molar-refractivity contribution >= 4 is 11.8 Å². The molecule has 0 radical (unpaired) electrons. The molecule has 0 aromatic carbocycles. The molecule has 14 heavy (non-hydrogen) atoms. The minimum Gasteiger partial charge on any atom is -0.314 e. The van der Waals surface area contributed by atoms with Gasteiger partial charge < -0.3 is 10.2 Å². The van der Waals surface area contributed by atoms with Gasteiger partial charge in [-0.2, -0.15) is 11.8 Å². The van der Waals surface area contributed by atoms with E-state index in [2.05, 4.69) is 24.2 Å². The van der Waals surface area contributed by atoms with E-state index in [1.54, 1.807) is 0 Å². The topological polar surface area (TPSA) is 15.3 Å². The Balaban J connectivity index is 1.99. The smallest absolute Gasteiger partial charge is 0.0217 e. The van der Waals surface area contributed by atoms with Crippen LogP contribution in [-0.2, 0) is 0 Å². The zero-order valence-corrected chi connectivity index (χ0v) is 10.4. The second-order valence-corrected chi connectivity index (χ2v) is 5.43. The van der Waals surface area contributed by atoms with E-state index in [0.29, 0.717) is 0 Å². The normalized spacial score (nSPS) is 24.0. The van der Waals surface area contributed by atoms with Crippen LogP contribution < -0.4 is 5.32 Å². The third-order valence-corrected chi connectivity index (χ3v) is 3.83. The van der Waals surface area contributed by atoms with Gasteiger partial charge in [0.1, 0.15) is 0 Å². The van der Waals surface area contributed by atoms with E-state index in [4.69, 9.17) is 0 Å². The number of thioether (sulfide) groups is 1. The number of piperidine rings is 1. The molecular formula is C11H24N2S. The fraction of sp³-hybridized carbons (Fsp3) is 1.00. The number of rotatable bonds is 6. The lowest BCUT2D eigenvalue weighted by Crippen LogP contribution is -2.43. The van der Waals surface area contributed by atoms with Gasteiger partial charge in [-0.15, -0.1) is 0 Å². The van der Waals surface area contributed by atoms with Crippen LogP contribution in [0.5, 0.6) is 0 Å². The van der Waals surface area contributed by atoms with Gasteiger partial charge in [-0.25, -0.2) is 0 Å². The van der Waals surface area contributed by atoms with Crippen LogP contribution >= 0.6 is 11.8 Å². The lowest BCUT2D eigenvalue weighted by atomic mass is 10.0. The molecule has 1 unspecified atom stereocenters. The summed E-state index contributed by atoms with van der Waals surface area (Å²) >= 11 is 2.02. The summed E-state index contributed by atoms with van der Waals surface area (Å²) in [4.78, 5) is 2.50. The zero-order chi connectivity index (χ0) is 10.2. The molecule has 0 saturated carbocycles. The molecule has 1 N–H and O–H groups in total. The number of nitrogens with zero attached hydrogens (tertiary/aromatic N) is 1. The van der Waals surface area contributed by atoms with Crippen LogP contribution in [0.25, 0.3) is 0 Å². The monoisotopic (exact) mass is 216 g/mol. The number of hydrogen-bond acceptors (Lipinski definition) is 3. The highest BCUT2D eigenvalue weighted by atomic mass is 32.2. The molecule has 1 aliphatic heterocycles.